The lowest BCUT2D eigenvalue weighted by molar-refractivity contribution is -0.126. The van der Waals surface area contributed by atoms with Crippen molar-refractivity contribution in [2.45, 2.75) is 45.0 Å². The number of anilines is 1. The Kier molecular flexibility index (Phi) is 7.44. The Hall–Kier alpha value is -4.62. The van der Waals surface area contributed by atoms with Gasteiger partial charge in [0, 0.05) is 51.2 Å². The van der Waals surface area contributed by atoms with Crippen molar-refractivity contribution in [3.05, 3.63) is 36.8 Å². The van der Waals surface area contributed by atoms with Gasteiger partial charge >= 0.3 is 12.2 Å². The maximum absolute atomic E-state index is 12.7. The van der Waals surface area contributed by atoms with Crippen molar-refractivity contribution in [1.82, 2.24) is 34.3 Å². The molecule has 0 saturated carbocycles. The molecule has 3 amide bonds. The van der Waals surface area contributed by atoms with Crippen molar-refractivity contribution < 1.29 is 28.6 Å². The highest BCUT2D eigenvalue weighted by atomic mass is 16.6. The molecule has 3 saturated heterocycles. The molecule has 14 nitrogen and oxygen atoms in total. The van der Waals surface area contributed by atoms with Crippen LogP contribution in [0.15, 0.2) is 36.8 Å². The number of carbonyl (C=O) groups excluding carboxylic acids is 3. The summed E-state index contributed by atoms with van der Waals surface area (Å²) in [6.45, 7) is 8.91. The molecule has 0 aliphatic carbocycles. The number of likely N-dealkylation sites (tertiary alicyclic amines) is 2. The van der Waals surface area contributed by atoms with E-state index in [-0.39, 0.29) is 30.6 Å². The second-order valence-corrected chi connectivity index (χ2v) is 12.1. The van der Waals surface area contributed by atoms with Crippen LogP contribution in [0, 0.1) is 0 Å². The highest BCUT2D eigenvalue weighted by Gasteiger charge is 2.36. The van der Waals surface area contributed by atoms with Gasteiger partial charge in [-0.25, -0.2) is 24.1 Å². The molecule has 3 aromatic heterocycles. The molecule has 228 valence electrons. The van der Waals surface area contributed by atoms with Crippen molar-refractivity contribution in [3.8, 4) is 17.0 Å². The van der Waals surface area contributed by atoms with Crippen molar-refractivity contribution in [2.24, 2.45) is 0 Å². The average molecular weight is 593 g/mol. The zero-order valence-electron chi connectivity index (χ0n) is 24.8. The van der Waals surface area contributed by atoms with Gasteiger partial charge in [-0.3, -0.25) is 4.79 Å². The fraction of sp³-hybridized carbons (Fsp3) is 0.517. The van der Waals surface area contributed by atoms with Gasteiger partial charge < -0.3 is 33.8 Å². The van der Waals surface area contributed by atoms with Crippen molar-refractivity contribution >= 4 is 29.6 Å². The van der Waals surface area contributed by atoms with E-state index in [0.717, 1.165) is 16.9 Å². The SMILES string of the molecule is CN1C[C@H](OC(=O)N2CCN(c3ccn4ncc(-c5cccnc5OC5CN(C(=O)OC(C)(C)C)C5)c4n3)CC2)CC1=O. The van der Waals surface area contributed by atoms with Crippen LogP contribution in [0.5, 0.6) is 5.88 Å². The summed E-state index contributed by atoms with van der Waals surface area (Å²) in [5.74, 6) is 1.20. The number of ether oxygens (including phenoxy) is 3. The Labute approximate surface area is 249 Å². The number of likely N-dealkylation sites (N-methyl/N-ethyl adjacent to an activating group) is 1. The van der Waals surface area contributed by atoms with E-state index in [1.165, 1.54) is 0 Å². The number of carbonyl (C=O) groups is 3. The molecule has 0 bridgehead atoms. The van der Waals surface area contributed by atoms with Crippen LogP contribution in [-0.2, 0) is 14.3 Å². The van der Waals surface area contributed by atoms with Gasteiger partial charge in [0.2, 0.25) is 11.8 Å². The fourth-order valence-electron chi connectivity index (χ4n) is 5.30. The second kappa shape index (κ2) is 11.2. The first kappa shape index (κ1) is 28.5. The standard InChI is InChI=1S/C29H36N8O6/c1-29(2,3)43-28(40)36-17-20(18-36)41-26-21(6-5-8-30-26)22-15-31-37-9-7-23(32-25(22)37)34-10-12-35(13-11-34)27(39)42-19-14-24(38)33(4)16-19/h5-9,15,19-20H,10-14,16-18H2,1-4H3/t19-/m1/s1. The highest BCUT2D eigenvalue weighted by Crippen LogP contribution is 2.33. The Bertz CT molecular complexity index is 1520. The third-order valence-electron chi connectivity index (χ3n) is 7.63. The molecule has 3 aliphatic rings. The Balaban J connectivity index is 1.10. The molecule has 6 heterocycles. The first-order valence-electron chi connectivity index (χ1n) is 14.4. The summed E-state index contributed by atoms with van der Waals surface area (Å²) in [5.41, 5.74) is 1.62. The first-order valence-corrected chi connectivity index (χ1v) is 14.4. The molecule has 0 radical (unpaired) electrons. The zero-order valence-corrected chi connectivity index (χ0v) is 24.8. The molecule has 3 aliphatic heterocycles. The van der Waals surface area contributed by atoms with Crippen LogP contribution >= 0.6 is 0 Å². The maximum Gasteiger partial charge on any atom is 0.410 e. The minimum atomic E-state index is -0.554. The molecule has 6 rings (SSSR count). The average Bonchev–Trinajstić information content (AvgIpc) is 3.51. The van der Waals surface area contributed by atoms with E-state index >= 15 is 0 Å². The van der Waals surface area contributed by atoms with Crippen LogP contribution in [0.3, 0.4) is 0 Å². The summed E-state index contributed by atoms with van der Waals surface area (Å²) < 4.78 is 18.9. The summed E-state index contributed by atoms with van der Waals surface area (Å²) in [6, 6.07) is 5.65. The zero-order chi connectivity index (χ0) is 30.3. The van der Waals surface area contributed by atoms with Crippen LogP contribution in [0.4, 0.5) is 15.4 Å². The van der Waals surface area contributed by atoms with E-state index < -0.39 is 11.7 Å². The van der Waals surface area contributed by atoms with E-state index in [2.05, 4.69) is 15.0 Å². The molecular formula is C29H36N8O6. The number of hydrogen-bond acceptors (Lipinski definition) is 10. The molecule has 1 atom stereocenters. The van der Waals surface area contributed by atoms with Crippen LogP contribution in [0.25, 0.3) is 16.8 Å². The lowest BCUT2D eigenvalue weighted by atomic mass is 10.1. The molecule has 43 heavy (non-hydrogen) atoms. The minimum Gasteiger partial charge on any atom is -0.470 e. The van der Waals surface area contributed by atoms with Gasteiger partial charge in [-0.1, -0.05) is 0 Å². The quantitative estimate of drug-likeness (QED) is 0.434. The molecule has 3 fully saturated rings. The highest BCUT2D eigenvalue weighted by molar-refractivity contribution is 5.81. The summed E-state index contributed by atoms with van der Waals surface area (Å²) >= 11 is 0. The predicted molar refractivity (Wildman–Crippen MR) is 155 cm³/mol. The number of aromatic nitrogens is 4. The van der Waals surface area contributed by atoms with Crippen LogP contribution in [0.1, 0.15) is 27.2 Å². The van der Waals surface area contributed by atoms with E-state index in [4.69, 9.17) is 19.2 Å². The summed E-state index contributed by atoms with van der Waals surface area (Å²) in [4.78, 5) is 53.1. The molecule has 14 heteroatoms. The van der Waals surface area contributed by atoms with Gasteiger partial charge in [-0.15, -0.1) is 0 Å². The van der Waals surface area contributed by atoms with Crippen molar-refractivity contribution in [3.63, 3.8) is 0 Å². The van der Waals surface area contributed by atoms with E-state index in [1.807, 2.05) is 45.2 Å². The summed E-state index contributed by atoms with van der Waals surface area (Å²) in [7, 11) is 1.71. The topological polar surface area (TPSA) is 135 Å². The predicted octanol–water partition coefficient (Wildman–Crippen LogP) is 2.28. The van der Waals surface area contributed by atoms with Crippen LogP contribution in [-0.4, -0.2) is 123 Å². The van der Waals surface area contributed by atoms with Gasteiger partial charge in [0.05, 0.1) is 37.8 Å². The molecule has 3 aromatic rings. The number of fused-ring (bicyclic) bond motifs is 1. The molecule has 0 unspecified atom stereocenters. The van der Waals surface area contributed by atoms with Crippen molar-refractivity contribution in [1.29, 1.82) is 0 Å². The van der Waals surface area contributed by atoms with E-state index in [0.29, 0.717) is 57.3 Å². The monoisotopic (exact) mass is 592 g/mol. The molecule has 0 N–H and O–H groups in total. The Morgan fingerprint density at radius 3 is 2.42 bits per heavy atom. The van der Waals surface area contributed by atoms with Crippen molar-refractivity contribution in [2.75, 3.05) is 57.8 Å². The van der Waals surface area contributed by atoms with E-state index in [1.54, 1.807) is 38.7 Å². The third kappa shape index (κ3) is 6.13. The molecule has 0 aromatic carbocycles. The minimum absolute atomic E-state index is 0.0128. The fourth-order valence-corrected chi connectivity index (χ4v) is 5.30. The summed E-state index contributed by atoms with van der Waals surface area (Å²) in [6.07, 6.45) is 4.14. The lowest BCUT2D eigenvalue weighted by Crippen LogP contribution is -2.57. The number of rotatable bonds is 5. The number of hydrogen-bond donors (Lipinski definition) is 0. The van der Waals surface area contributed by atoms with Crippen LogP contribution in [0.2, 0.25) is 0 Å². The number of piperazine rings is 1. The van der Waals surface area contributed by atoms with Gasteiger partial charge in [-0.2, -0.15) is 5.10 Å². The maximum atomic E-state index is 12.7. The largest absolute Gasteiger partial charge is 0.470 e. The normalized spacial score (nSPS) is 19.5. The van der Waals surface area contributed by atoms with Gasteiger partial charge in [0.1, 0.15) is 23.6 Å². The number of nitrogens with zero attached hydrogens (tertiary/aromatic N) is 8. The number of amides is 3. The van der Waals surface area contributed by atoms with Gasteiger partial charge in [-0.05, 0) is 39.0 Å². The Morgan fingerprint density at radius 1 is 0.953 bits per heavy atom. The lowest BCUT2D eigenvalue weighted by Gasteiger charge is -2.39. The van der Waals surface area contributed by atoms with E-state index in [9.17, 15) is 14.4 Å². The second-order valence-electron chi connectivity index (χ2n) is 12.1. The Morgan fingerprint density at radius 2 is 1.72 bits per heavy atom. The van der Waals surface area contributed by atoms with Gasteiger partial charge in [0.25, 0.3) is 0 Å². The molecule has 0 spiro atoms. The first-order chi connectivity index (χ1) is 20.5. The smallest absolute Gasteiger partial charge is 0.410 e. The van der Waals surface area contributed by atoms with Gasteiger partial charge in [0.15, 0.2) is 5.65 Å². The number of pyridine rings is 1. The summed E-state index contributed by atoms with van der Waals surface area (Å²) in [5, 5.41) is 4.49. The third-order valence-corrected chi connectivity index (χ3v) is 7.63. The van der Waals surface area contributed by atoms with Crippen LogP contribution < -0.4 is 9.64 Å². The molecular weight excluding hydrogens is 556 g/mol.